The summed E-state index contributed by atoms with van der Waals surface area (Å²) in [6, 6.07) is 14.9. The van der Waals surface area contributed by atoms with Crippen LogP contribution in [0.1, 0.15) is 36.3 Å². The van der Waals surface area contributed by atoms with E-state index in [2.05, 4.69) is 29.2 Å². The second kappa shape index (κ2) is 8.26. The first-order valence-electron chi connectivity index (χ1n) is 10.5. The summed E-state index contributed by atoms with van der Waals surface area (Å²) in [4.78, 5) is 27.7. The SMILES string of the molecule is COc1ccc(N2c3ccc(C=C4SC(=S)N(CC(=O)O)C4=O)cc3C3CCCC32)cc1. The maximum atomic E-state index is 12.6. The first-order valence-corrected chi connectivity index (χ1v) is 11.7. The van der Waals surface area contributed by atoms with Crippen LogP contribution in [0.2, 0.25) is 0 Å². The predicted octanol–water partition coefficient (Wildman–Crippen LogP) is 4.77. The predicted molar refractivity (Wildman–Crippen MR) is 129 cm³/mol. The van der Waals surface area contributed by atoms with Gasteiger partial charge in [-0.15, -0.1) is 0 Å². The highest BCUT2D eigenvalue weighted by atomic mass is 32.2. The van der Waals surface area contributed by atoms with Crippen molar-refractivity contribution in [1.82, 2.24) is 4.90 Å². The smallest absolute Gasteiger partial charge is 0.323 e. The number of methoxy groups -OCH3 is 1. The van der Waals surface area contributed by atoms with Crippen LogP contribution in [0.25, 0.3) is 6.08 Å². The molecule has 1 amide bonds. The Labute approximate surface area is 195 Å². The molecule has 0 radical (unpaired) electrons. The number of ether oxygens (including phenoxy) is 1. The number of benzene rings is 2. The van der Waals surface area contributed by atoms with Crippen LogP contribution < -0.4 is 9.64 Å². The minimum absolute atomic E-state index is 0.284. The lowest BCUT2D eigenvalue weighted by atomic mass is 9.96. The number of carboxylic acid groups (broad SMARTS) is 1. The summed E-state index contributed by atoms with van der Waals surface area (Å²) < 4.78 is 5.60. The van der Waals surface area contributed by atoms with Crippen molar-refractivity contribution in [2.45, 2.75) is 31.2 Å². The van der Waals surface area contributed by atoms with E-state index in [9.17, 15) is 9.59 Å². The average Bonchev–Trinajstić information content (AvgIpc) is 3.44. The second-order valence-corrected chi connectivity index (χ2v) is 9.83. The largest absolute Gasteiger partial charge is 0.497 e. The summed E-state index contributed by atoms with van der Waals surface area (Å²) in [7, 11) is 1.67. The van der Waals surface area contributed by atoms with Gasteiger partial charge in [0.2, 0.25) is 0 Å². The van der Waals surface area contributed by atoms with Crippen molar-refractivity contribution in [2.75, 3.05) is 18.6 Å². The number of thioether (sulfide) groups is 1. The third-order valence-electron chi connectivity index (χ3n) is 6.34. The highest BCUT2D eigenvalue weighted by Gasteiger charge is 2.42. The molecule has 1 N–H and O–H groups in total. The third kappa shape index (κ3) is 3.57. The number of nitrogens with zero attached hydrogens (tertiary/aromatic N) is 2. The molecule has 32 heavy (non-hydrogen) atoms. The maximum absolute atomic E-state index is 12.6. The van der Waals surface area contributed by atoms with Crippen LogP contribution in [-0.2, 0) is 9.59 Å². The quantitative estimate of drug-likeness (QED) is 0.503. The molecule has 1 saturated heterocycles. The van der Waals surface area contributed by atoms with E-state index in [-0.39, 0.29) is 10.2 Å². The Hall–Kier alpha value is -2.84. The van der Waals surface area contributed by atoms with Crippen LogP contribution in [0.15, 0.2) is 47.4 Å². The van der Waals surface area contributed by atoms with Crippen LogP contribution in [0.4, 0.5) is 11.4 Å². The zero-order valence-electron chi connectivity index (χ0n) is 17.5. The molecule has 164 valence electrons. The molecule has 1 aliphatic carbocycles. The summed E-state index contributed by atoms with van der Waals surface area (Å²) in [6.45, 7) is -0.410. The third-order valence-corrected chi connectivity index (χ3v) is 7.71. The molecule has 5 rings (SSSR count). The zero-order chi connectivity index (χ0) is 22.4. The van der Waals surface area contributed by atoms with Gasteiger partial charge in [0, 0.05) is 23.3 Å². The van der Waals surface area contributed by atoms with Crippen LogP contribution in [0.5, 0.6) is 5.75 Å². The summed E-state index contributed by atoms with van der Waals surface area (Å²) in [5.74, 6) is -0.124. The van der Waals surface area contributed by atoms with Crippen molar-refractivity contribution in [2.24, 2.45) is 0 Å². The highest BCUT2D eigenvalue weighted by Crippen LogP contribution is 2.52. The number of aliphatic carboxylic acids is 1. The molecule has 2 aromatic rings. The molecule has 2 atom stereocenters. The van der Waals surface area contributed by atoms with E-state index in [0.29, 0.717) is 16.9 Å². The molecule has 2 fully saturated rings. The fourth-order valence-corrected chi connectivity index (χ4v) is 6.22. The second-order valence-electron chi connectivity index (χ2n) is 8.15. The van der Waals surface area contributed by atoms with Gasteiger partial charge in [-0.3, -0.25) is 14.5 Å². The molecular weight excluding hydrogens is 444 g/mol. The monoisotopic (exact) mass is 466 g/mol. The van der Waals surface area contributed by atoms with Crippen molar-refractivity contribution in [1.29, 1.82) is 0 Å². The summed E-state index contributed by atoms with van der Waals surface area (Å²) in [5.41, 5.74) is 4.60. The molecule has 2 aliphatic heterocycles. The number of rotatable bonds is 5. The molecule has 8 heteroatoms. The maximum Gasteiger partial charge on any atom is 0.323 e. The van der Waals surface area contributed by atoms with Crippen LogP contribution in [-0.4, -0.2) is 45.9 Å². The number of hydrogen-bond donors (Lipinski definition) is 1. The van der Waals surface area contributed by atoms with Gasteiger partial charge in [-0.25, -0.2) is 0 Å². The first-order chi connectivity index (χ1) is 15.5. The van der Waals surface area contributed by atoms with Gasteiger partial charge in [0.1, 0.15) is 16.6 Å². The van der Waals surface area contributed by atoms with Gasteiger partial charge in [-0.2, -0.15) is 0 Å². The van der Waals surface area contributed by atoms with Gasteiger partial charge in [0.05, 0.1) is 12.0 Å². The normalized spacial score (nSPS) is 23.1. The Bertz CT molecular complexity index is 1150. The van der Waals surface area contributed by atoms with E-state index in [4.69, 9.17) is 22.1 Å². The number of fused-ring (bicyclic) bond motifs is 3. The number of carboxylic acids is 1. The molecular formula is C24H22N2O4S2. The van der Waals surface area contributed by atoms with Gasteiger partial charge in [0.15, 0.2) is 0 Å². The fraction of sp³-hybridized carbons (Fsp3) is 0.292. The molecule has 6 nitrogen and oxygen atoms in total. The molecule has 1 saturated carbocycles. The molecule has 3 aliphatic rings. The number of anilines is 2. The van der Waals surface area contributed by atoms with E-state index in [0.717, 1.165) is 46.5 Å². The summed E-state index contributed by atoms with van der Waals surface area (Å²) in [6.07, 6.45) is 5.31. The Kier molecular flexibility index (Phi) is 5.43. The zero-order valence-corrected chi connectivity index (χ0v) is 19.1. The van der Waals surface area contributed by atoms with Crippen LogP contribution in [0, 0.1) is 0 Å². The van der Waals surface area contributed by atoms with Crippen LogP contribution >= 0.6 is 24.0 Å². The fourth-order valence-electron chi connectivity index (χ4n) is 4.97. The lowest BCUT2D eigenvalue weighted by molar-refractivity contribution is -0.140. The lowest BCUT2D eigenvalue weighted by Gasteiger charge is -2.27. The number of carbonyl (C=O) groups is 2. The minimum atomic E-state index is -1.08. The van der Waals surface area contributed by atoms with Crippen molar-refractivity contribution >= 4 is 57.6 Å². The number of carbonyl (C=O) groups excluding carboxylic acids is 1. The Balaban J connectivity index is 1.47. The van der Waals surface area contributed by atoms with Crippen molar-refractivity contribution in [3.63, 3.8) is 0 Å². The minimum Gasteiger partial charge on any atom is -0.497 e. The topological polar surface area (TPSA) is 70.1 Å². The lowest BCUT2D eigenvalue weighted by Crippen LogP contribution is -2.33. The first kappa shape index (κ1) is 21.0. The van der Waals surface area contributed by atoms with E-state index in [1.165, 1.54) is 17.7 Å². The Morgan fingerprint density at radius 2 is 2.03 bits per heavy atom. The summed E-state index contributed by atoms with van der Waals surface area (Å²) in [5, 5.41) is 9.03. The van der Waals surface area contributed by atoms with E-state index < -0.39 is 12.5 Å². The number of hydrogen-bond acceptors (Lipinski definition) is 6. The van der Waals surface area contributed by atoms with Gasteiger partial charge in [0.25, 0.3) is 5.91 Å². The van der Waals surface area contributed by atoms with Gasteiger partial charge in [-0.05, 0) is 66.4 Å². The van der Waals surface area contributed by atoms with Gasteiger partial charge < -0.3 is 14.7 Å². The molecule has 2 aromatic carbocycles. The average molecular weight is 467 g/mol. The van der Waals surface area contributed by atoms with E-state index in [1.807, 2.05) is 24.3 Å². The Morgan fingerprint density at radius 1 is 1.25 bits per heavy atom. The number of thiocarbonyl (C=S) groups is 1. The number of amides is 1. The van der Waals surface area contributed by atoms with Crippen molar-refractivity contribution < 1.29 is 19.4 Å². The van der Waals surface area contributed by atoms with Crippen molar-refractivity contribution in [3.05, 3.63) is 58.5 Å². The molecule has 2 unspecified atom stereocenters. The van der Waals surface area contributed by atoms with E-state index in [1.54, 1.807) is 7.11 Å². The molecule has 0 spiro atoms. The molecule has 0 aromatic heterocycles. The van der Waals surface area contributed by atoms with Crippen LogP contribution in [0.3, 0.4) is 0 Å². The van der Waals surface area contributed by atoms with Gasteiger partial charge in [-0.1, -0.05) is 36.5 Å². The Morgan fingerprint density at radius 3 is 2.75 bits per heavy atom. The summed E-state index contributed by atoms with van der Waals surface area (Å²) >= 11 is 6.36. The molecule has 0 bridgehead atoms. The standard InChI is InChI=1S/C24H22N2O4S2/c1-30-16-8-6-15(7-9-16)26-19-4-2-3-17(19)18-11-14(5-10-20(18)26)12-21-23(29)25(13-22(27)28)24(31)32-21/h5-12,17,19H,2-4,13H2,1H3,(H,27,28). The molecule has 2 heterocycles. The van der Waals surface area contributed by atoms with E-state index >= 15 is 0 Å². The highest BCUT2D eigenvalue weighted by molar-refractivity contribution is 8.26. The van der Waals surface area contributed by atoms with Crippen molar-refractivity contribution in [3.8, 4) is 5.75 Å². The van der Waals surface area contributed by atoms with Gasteiger partial charge >= 0.3 is 5.97 Å².